The fourth-order valence-electron chi connectivity index (χ4n) is 2.83. The number of ether oxygens (including phenoxy) is 1. The Balaban J connectivity index is 2.08. The third-order valence-corrected chi connectivity index (χ3v) is 4.21. The number of nitrogens with zero attached hydrogens (tertiary/aromatic N) is 1. The number of anilines is 1. The van der Waals surface area contributed by atoms with Gasteiger partial charge in [-0.2, -0.15) is 0 Å². The fourth-order valence-corrected chi connectivity index (χ4v) is 3.07. The SMILES string of the molecule is CCCNCc1c(Cl)cccc1N1CCC(COC)C1. The molecule has 2 rings (SSSR count). The van der Waals surface area contributed by atoms with Gasteiger partial charge in [-0.25, -0.2) is 0 Å². The molecule has 1 saturated heterocycles. The van der Waals surface area contributed by atoms with Crippen molar-refractivity contribution in [3.8, 4) is 0 Å². The summed E-state index contributed by atoms with van der Waals surface area (Å²) in [6.45, 7) is 7.05. The summed E-state index contributed by atoms with van der Waals surface area (Å²) in [6.07, 6.45) is 2.33. The first kappa shape index (κ1) is 15.6. The van der Waals surface area contributed by atoms with Gasteiger partial charge in [0.05, 0.1) is 6.61 Å². The number of rotatable bonds is 7. The van der Waals surface area contributed by atoms with Crippen LogP contribution in [0, 0.1) is 5.92 Å². The average molecular weight is 297 g/mol. The van der Waals surface area contributed by atoms with Gasteiger partial charge in [0.15, 0.2) is 0 Å². The van der Waals surface area contributed by atoms with E-state index in [0.717, 1.165) is 44.2 Å². The van der Waals surface area contributed by atoms with Crippen LogP contribution in [-0.2, 0) is 11.3 Å². The van der Waals surface area contributed by atoms with E-state index in [-0.39, 0.29) is 0 Å². The zero-order valence-corrected chi connectivity index (χ0v) is 13.2. The highest BCUT2D eigenvalue weighted by Crippen LogP contribution is 2.31. The molecule has 1 aromatic rings. The van der Waals surface area contributed by atoms with E-state index in [1.807, 2.05) is 12.1 Å². The molecule has 1 aromatic carbocycles. The maximum absolute atomic E-state index is 6.39. The van der Waals surface area contributed by atoms with Crippen molar-refractivity contribution in [3.05, 3.63) is 28.8 Å². The summed E-state index contributed by atoms with van der Waals surface area (Å²) in [5, 5.41) is 4.32. The minimum atomic E-state index is 0.635. The van der Waals surface area contributed by atoms with Crippen LogP contribution in [0.3, 0.4) is 0 Å². The topological polar surface area (TPSA) is 24.5 Å². The molecule has 0 aliphatic carbocycles. The van der Waals surface area contributed by atoms with Gasteiger partial charge in [0.25, 0.3) is 0 Å². The van der Waals surface area contributed by atoms with Gasteiger partial charge < -0.3 is 15.0 Å². The Bertz CT molecular complexity index is 425. The standard InChI is InChI=1S/C16H25ClN2O/c1-3-8-18-10-14-15(17)5-4-6-16(14)19-9-7-13(11-19)12-20-2/h4-6,13,18H,3,7-12H2,1-2H3. The second kappa shape index (κ2) is 7.87. The van der Waals surface area contributed by atoms with Crippen LogP contribution in [0.15, 0.2) is 18.2 Å². The van der Waals surface area contributed by atoms with E-state index >= 15 is 0 Å². The molecule has 1 N–H and O–H groups in total. The normalized spacial score (nSPS) is 18.8. The molecule has 0 radical (unpaired) electrons. The summed E-state index contributed by atoms with van der Waals surface area (Å²) in [6, 6.07) is 6.21. The molecular formula is C16H25ClN2O. The summed E-state index contributed by atoms with van der Waals surface area (Å²) in [5.41, 5.74) is 2.50. The molecule has 1 aliphatic rings. The van der Waals surface area contributed by atoms with Gasteiger partial charge in [-0.3, -0.25) is 0 Å². The maximum atomic E-state index is 6.39. The predicted octanol–water partition coefficient (Wildman–Crippen LogP) is 3.31. The van der Waals surface area contributed by atoms with Gasteiger partial charge in [-0.1, -0.05) is 24.6 Å². The Labute approximate surface area is 127 Å². The Morgan fingerprint density at radius 1 is 1.45 bits per heavy atom. The van der Waals surface area contributed by atoms with E-state index in [2.05, 4.69) is 23.2 Å². The predicted molar refractivity (Wildman–Crippen MR) is 85.6 cm³/mol. The van der Waals surface area contributed by atoms with Crippen LogP contribution in [0.5, 0.6) is 0 Å². The average Bonchev–Trinajstić information content (AvgIpc) is 2.89. The Hall–Kier alpha value is -0.770. The van der Waals surface area contributed by atoms with E-state index < -0.39 is 0 Å². The first-order valence-electron chi connectivity index (χ1n) is 7.48. The molecule has 3 nitrogen and oxygen atoms in total. The van der Waals surface area contributed by atoms with E-state index in [1.165, 1.54) is 17.7 Å². The minimum absolute atomic E-state index is 0.635. The summed E-state index contributed by atoms with van der Waals surface area (Å²) in [4.78, 5) is 2.44. The van der Waals surface area contributed by atoms with E-state index in [9.17, 15) is 0 Å². The molecule has 1 aliphatic heterocycles. The van der Waals surface area contributed by atoms with Crippen molar-refractivity contribution < 1.29 is 4.74 Å². The van der Waals surface area contributed by atoms with Gasteiger partial charge in [0.2, 0.25) is 0 Å². The van der Waals surface area contributed by atoms with Gasteiger partial charge in [-0.15, -0.1) is 0 Å². The van der Waals surface area contributed by atoms with Crippen molar-refractivity contribution in [1.82, 2.24) is 5.32 Å². The monoisotopic (exact) mass is 296 g/mol. The summed E-state index contributed by atoms with van der Waals surface area (Å²) >= 11 is 6.39. The Morgan fingerprint density at radius 3 is 3.05 bits per heavy atom. The van der Waals surface area contributed by atoms with Crippen LogP contribution in [0.1, 0.15) is 25.3 Å². The number of benzene rings is 1. The molecule has 1 unspecified atom stereocenters. The van der Waals surface area contributed by atoms with E-state index in [4.69, 9.17) is 16.3 Å². The molecule has 20 heavy (non-hydrogen) atoms. The second-order valence-corrected chi connectivity index (χ2v) is 5.88. The Morgan fingerprint density at radius 2 is 2.30 bits per heavy atom. The fraction of sp³-hybridized carbons (Fsp3) is 0.625. The van der Waals surface area contributed by atoms with Gasteiger partial charge in [-0.05, 0) is 31.5 Å². The smallest absolute Gasteiger partial charge is 0.0508 e. The van der Waals surface area contributed by atoms with Crippen molar-refractivity contribution >= 4 is 17.3 Å². The molecule has 1 fully saturated rings. The highest BCUT2D eigenvalue weighted by molar-refractivity contribution is 6.31. The van der Waals surface area contributed by atoms with Crippen LogP contribution >= 0.6 is 11.6 Å². The maximum Gasteiger partial charge on any atom is 0.0508 e. The zero-order valence-electron chi connectivity index (χ0n) is 12.5. The Kier molecular flexibility index (Phi) is 6.14. The quantitative estimate of drug-likeness (QED) is 0.781. The van der Waals surface area contributed by atoms with Crippen LogP contribution < -0.4 is 10.2 Å². The molecule has 0 bridgehead atoms. The van der Waals surface area contributed by atoms with Gasteiger partial charge in [0.1, 0.15) is 0 Å². The number of nitrogens with one attached hydrogen (secondary N) is 1. The minimum Gasteiger partial charge on any atom is -0.384 e. The number of hydrogen-bond acceptors (Lipinski definition) is 3. The lowest BCUT2D eigenvalue weighted by Gasteiger charge is -2.23. The van der Waals surface area contributed by atoms with Crippen molar-refractivity contribution in [1.29, 1.82) is 0 Å². The lowest BCUT2D eigenvalue weighted by atomic mass is 10.1. The molecular weight excluding hydrogens is 272 g/mol. The van der Waals surface area contributed by atoms with Gasteiger partial charge in [0, 0.05) is 48.9 Å². The number of halogens is 1. The highest BCUT2D eigenvalue weighted by atomic mass is 35.5. The van der Waals surface area contributed by atoms with Crippen LogP contribution in [0.4, 0.5) is 5.69 Å². The number of hydrogen-bond donors (Lipinski definition) is 1. The van der Waals surface area contributed by atoms with Crippen LogP contribution in [0.25, 0.3) is 0 Å². The first-order chi connectivity index (χ1) is 9.76. The summed E-state index contributed by atoms with van der Waals surface area (Å²) in [5.74, 6) is 0.635. The zero-order chi connectivity index (χ0) is 14.4. The van der Waals surface area contributed by atoms with Gasteiger partial charge >= 0.3 is 0 Å². The molecule has 0 amide bonds. The third-order valence-electron chi connectivity index (χ3n) is 3.85. The highest BCUT2D eigenvalue weighted by Gasteiger charge is 2.24. The molecule has 1 atom stereocenters. The lowest BCUT2D eigenvalue weighted by Crippen LogP contribution is -2.24. The third kappa shape index (κ3) is 3.87. The summed E-state index contributed by atoms with van der Waals surface area (Å²) in [7, 11) is 1.78. The first-order valence-corrected chi connectivity index (χ1v) is 7.86. The lowest BCUT2D eigenvalue weighted by molar-refractivity contribution is 0.161. The largest absolute Gasteiger partial charge is 0.384 e. The molecule has 112 valence electrons. The second-order valence-electron chi connectivity index (χ2n) is 5.47. The van der Waals surface area contributed by atoms with E-state index in [1.54, 1.807) is 7.11 Å². The van der Waals surface area contributed by atoms with Crippen molar-refractivity contribution in [2.45, 2.75) is 26.3 Å². The molecule has 4 heteroatoms. The molecule has 1 heterocycles. The number of methoxy groups -OCH3 is 1. The van der Waals surface area contributed by atoms with E-state index in [0.29, 0.717) is 5.92 Å². The van der Waals surface area contributed by atoms with Crippen molar-refractivity contribution in [2.24, 2.45) is 5.92 Å². The molecule has 0 aromatic heterocycles. The van der Waals surface area contributed by atoms with Crippen molar-refractivity contribution in [3.63, 3.8) is 0 Å². The van der Waals surface area contributed by atoms with Crippen LogP contribution in [-0.4, -0.2) is 33.4 Å². The molecule has 0 spiro atoms. The van der Waals surface area contributed by atoms with Crippen molar-refractivity contribution in [2.75, 3.05) is 38.3 Å². The van der Waals surface area contributed by atoms with Crippen LogP contribution in [0.2, 0.25) is 5.02 Å². The molecule has 0 saturated carbocycles. The summed E-state index contributed by atoms with van der Waals surface area (Å²) < 4.78 is 5.28.